The van der Waals surface area contributed by atoms with Gasteiger partial charge in [-0.05, 0) is 73.9 Å². The SMILES string of the molecule is Cc1ccc(C(N=Nc2c(Br)cc(Br)cc2Br)=C2C=C(C(C)(C)C)C(=O)C(C(C)(C)C)=C2)cc1. The molecule has 0 heterocycles. The summed E-state index contributed by atoms with van der Waals surface area (Å²) in [6, 6.07) is 12.1. The molecule has 0 saturated carbocycles. The summed E-state index contributed by atoms with van der Waals surface area (Å²) < 4.78 is 2.58. The topological polar surface area (TPSA) is 41.8 Å². The van der Waals surface area contributed by atoms with Gasteiger partial charge in [0, 0.05) is 35.7 Å². The third kappa shape index (κ3) is 6.13. The van der Waals surface area contributed by atoms with Crippen LogP contribution in [0.2, 0.25) is 0 Å². The van der Waals surface area contributed by atoms with Crippen molar-refractivity contribution >= 4 is 65.0 Å². The third-order valence-electron chi connectivity index (χ3n) is 5.54. The van der Waals surface area contributed by atoms with Gasteiger partial charge in [0.25, 0.3) is 0 Å². The lowest BCUT2D eigenvalue weighted by atomic mass is 9.71. The Kier molecular flexibility index (Phi) is 8.06. The van der Waals surface area contributed by atoms with Crippen molar-refractivity contribution in [2.24, 2.45) is 21.1 Å². The van der Waals surface area contributed by atoms with Crippen LogP contribution in [0, 0.1) is 17.8 Å². The number of hydrogen-bond acceptors (Lipinski definition) is 3. The smallest absolute Gasteiger partial charge is 0.186 e. The zero-order valence-corrected chi connectivity index (χ0v) is 25.3. The van der Waals surface area contributed by atoms with Crippen molar-refractivity contribution in [1.82, 2.24) is 0 Å². The molecular weight excluding hydrogens is 620 g/mol. The molecule has 3 nitrogen and oxygen atoms in total. The van der Waals surface area contributed by atoms with E-state index in [0.717, 1.165) is 41.4 Å². The number of nitrogens with zero attached hydrogens (tertiary/aromatic N) is 2. The second kappa shape index (κ2) is 10.2. The summed E-state index contributed by atoms with van der Waals surface area (Å²) in [6.07, 6.45) is 3.97. The molecule has 1 aliphatic carbocycles. The maximum atomic E-state index is 13.4. The number of carbonyl (C=O) groups excluding carboxylic acids is 1. The van der Waals surface area contributed by atoms with Crippen LogP contribution in [0.3, 0.4) is 0 Å². The lowest BCUT2D eigenvalue weighted by molar-refractivity contribution is -0.114. The van der Waals surface area contributed by atoms with Gasteiger partial charge in [-0.25, -0.2) is 0 Å². The van der Waals surface area contributed by atoms with E-state index in [1.54, 1.807) is 0 Å². The summed E-state index contributed by atoms with van der Waals surface area (Å²) in [6.45, 7) is 14.5. The van der Waals surface area contributed by atoms with Crippen LogP contribution < -0.4 is 0 Å². The van der Waals surface area contributed by atoms with Gasteiger partial charge in [-0.1, -0.05) is 87.3 Å². The Bertz CT molecular complexity index is 1190. The lowest BCUT2D eigenvalue weighted by Gasteiger charge is -2.31. The normalized spacial score (nSPS) is 15.0. The second-order valence-electron chi connectivity index (χ2n) is 10.5. The first-order valence-corrected chi connectivity index (χ1v) is 13.4. The number of carbonyl (C=O) groups is 1. The molecule has 2 aromatic carbocycles. The van der Waals surface area contributed by atoms with Crippen LogP contribution >= 0.6 is 47.8 Å². The largest absolute Gasteiger partial charge is 0.289 e. The Morgan fingerprint density at radius 2 is 1.26 bits per heavy atom. The number of rotatable bonds is 3. The van der Waals surface area contributed by atoms with Crippen LogP contribution in [-0.4, -0.2) is 5.78 Å². The van der Waals surface area contributed by atoms with Gasteiger partial charge in [-0.15, -0.1) is 10.2 Å². The molecule has 2 aromatic rings. The van der Waals surface area contributed by atoms with Crippen molar-refractivity contribution in [2.45, 2.75) is 48.5 Å². The highest BCUT2D eigenvalue weighted by Crippen LogP contribution is 2.42. The first kappa shape index (κ1) is 27.0. The Balaban J connectivity index is 2.33. The summed E-state index contributed by atoms with van der Waals surface area (Å²) >= 11 is 10.7. The lowest BCUT2D eigenvalue weighted by Crippen LogP contribution is -2.28. The summed E-state index contributed by atoms with van der Waals surface area (Å²) in [4.78, 5) is 13.4. The predicted molar refractivity (Wildman–Crippen MR) is 152 cm³/mol. The van der Waals surface area contributed by atoms with E-state index in [0.29, 0.717) is 5.69 Å². The highest BCUT2D eigenvalue weighted by atomic mass is 79.9. The molecule has 0 saturated heterocycles. The Morgan fingerprint density at radius 3 is 1.71 bits per heavy atom. The zero-order valence-electron chi connectivity index (χ0n) is 20.6. The minimum absolute atomic E-state index is 0.0994. The first-order valence-electron chi connectivity index (χ1n) is 11.0. The molecule has 178 valence electrons. The zero-order chi connectivity index (χ0) is 25.4. The molecule has 3 rings (SSSR count). The van der Waals surface area contributed by atoms with Crippen molar-refractivity contribution < 1.29 is 4.79 Å². The predicted octanol–water partition coefficient (Wildman–Crippen LogP) is 10.3. The summed E-state index contributed by atoms with van der Waals surface area (Å²) in [5.41, 5.74) is 5.35. The molecule has 0 atom stereocenters. The monoisotopic (exact) mass is 646 g/mol. The van der Waals surface area contributed by atoms with Gasteiger partial charge in [0.1, 0.15) is 11.4 Å². The van der Waals surface area contributed by atoms with Crippen LogP contribution in [0.25, 0.3) is 5.70 Å². The number of allylic oxidation sites excluding steroid dienone is 5. The first-order chi connectivity index (χ1) is 15.7. The molecule has 0 N–H and O–H groups in total. The maximum Gasteiger partial charge on any atom is 0.186 e. The van der Waals surface area contributed by atoms with Gasteiger partial charge in [0.2, 0.25) is 0 Å². The molecule has 0 fully saturated rings. The van der Waals surface area contributed by atoms with E-state index in [2.05, 4.69) is 114 Å². The minimum atomic E-state index is -0.305. The molecule has 6 heteroatoms. The number of aryl methyl sites for hydroxylation is 1. The highest BCUT2D eigenvalue weighted by molar-refractivity contribution is 9.11. The van der Waals surface area contributed by atoms with Crippen molar-refractivity contribution in [2.75, 3.05) is 0 Å². The number of ketones is 1. The molecule has 34 heavy (non-hydrogen) atoms. The third-order valence-corrected chi connectivity index (χ3v) is 7.20. The van der Waals surface area contributed by atoms with Crippen LogP contribution in [-0.2, 0) is 4.79 Å². The van der Waals surface area contributed by atoms with Gasteiger partial charge >= 0.3 is 0 Å². The summed E-state index contributed by atoms with van der Waals surface area (Å²) in [5.74, 6) is 0.0994. The van der Waals surface area contributed by atoms with Crippen molar-refractivity contribution in [3.63, 3.8) is 0 Å². The molecule has 0 spiro atoms. The van der Waals surface area contributed by atoms with Gasteiger partial charge in [-0.2, -0.15) is 0 Å². The maximum absolute atomic E-state index is 13.4. The van der Waals surface area contributed by atoms with Gasteiger partial charge in [0.05, 0.1) is 0 Å². The van der Waals surface area contributed by atoms with Crippen LogP contribution in [0.5, 0.6) is 0 Å². The molecule has 0 amide bonds. The van der Waals surface area contributed by atoms with Crippen molar-refractivity contribution in [3.05, 3.63) is 89.8 Å². The number of halogens is 3. The number of benzene rings is 2. The van der Waals surface area contributed by atoms with Crippen molar-refractivity contribution in [1.29, 1.82) is 0 Å². The molecule has 0 aliphatic heterocycles. The van der Waals surface area contributed by atoms with E-state index in [-0.39, 0.29) is 16.6 Å². The Morgan fingerprint density at radius 1 is 0.794 bits per heavy atom. The van der Waals surface area contributed by atoms with Crippen LogP contribution in [0.1, 0.15) is 52.7 Å². The molecule has 0 radical (unpaired) electrons. The molecule has 0 bridgehead atoms. The number of hydrogen-bond donors (Lipinski definition) is 0. The van der Waals surface area contributed by atoms with Crippen molar-refractivity contribution in [3.8, 4) is 0 Å². The molecular formula is C28H29Br3N2O. The standard InChI is InChI=1S/C28H29Br3N2O/c1-16-8-10-17(11-9-16)24(32-33-25-22(30)14-19(29)15-23(25)31)18-12-20(27(2,3)4)26(34)21(13-18)28(5,6)7/h8-15H,1-7H3. The van der Waals surface area contributed by atoms with Gasteiger partial charge in [-0.3, -0.25) is 4.79 Å². The quantitative estimate of drug-likeness (QED) is 0.305. The van der Waals surface area contributed by atoms with E-state index in [4.69, 9.17) is 5.11 Å². The fraction of sp³-hybridized carbons (Fsp3) is 0.321. The van der Waals surface area contributed by atoms with E-state index in [1.165, 1.54) is 5.56 Å². The fourth-order valence-corrected chi connectivity index (χ4v) is 6.02. The van der Waals surface area contributed by atoms with Gasteiger partial charge in [0.15, 0.2) is 5.78 Å². The van der Waals surface area contributed by atoms with Gasteiger partial charge < -0.3 is 0 Å². The Labute approximate surface area is 227 Å². The highest BCUT2D eigenvalue weighted by Gasteiger charge is 2.34. The molecule has 1 aliphatic rings. The van der Waals surface area contributed by atoms with E-state index in [9.17, 15) is 4.79 Å². The average molecular weight is 649 g/mol. The molecule has 0 aromatic heterocycles. The van der Waals surface area contributed by atoms with E-state index < -0.39 is 0 Å². The van der Waals surface area contributed by atoms with E-state index >= 15 is 0 Å². The second-order valence-corrected chi connectivity index (χ2v) is 13.2. The fourth-order valence-electron chi connectivity index (χ4n) is 3.60. The molecule has 0 unspecified atom stereocenters. The van der Waals surface area contributed by atoms with Crippen LogP contribution in [0.4, 0.5) is 5.69 Å². The number of azo groups is 1. The minimum Gasteiger partial charge on any atom is -0.289 e. The van der Waals surface area contributed by atoms with Crippen LogP contribution in [0.15, 0.2) is 88.9 Å². The van der Waals surface area contributed by atoms with E-state index in [1.807, 2.05) is 36.4 Å². The number of Topliss-reactive ketones (excluding diaryl/α,β-unsaturated/α-hetero) is 1. The summed E-state index contributed by atoms with van der Waals surface area (Å²) in [5, 5.41) is 9.38. The summed E-state index contributed by atoms with van der Waals surface area (Å²) in [7, 11) is 0. The Hall–Kier alpha value is -1.63. The average Bonchev–Trinajstić information content (AvgIpc) is 2.69.